The predicted octanol–water partition coefficient (Wildman–Crippen LogP) is 1.94. The highest BCUT2D eigenvalue weighted by atomic mass is 35.5. The first-order valence-corrected chi connectivity index (χ1v) is 6.49. The lowest BCUT2D eigenvalue weighted by Crippen LogP contribution is -2.15. The van der Waals surface area contributed by atoms with Gasteiger partial charge in [0.05, 0.1) is 0 Å². The normalized spacial score (nSPS) is 10.3. The second-order valence-electron chi connectivity index (χ2n) is 4.04. The van der Waals surface area contributed by atoms with Gasteiger partial charge in [0.1, 0.15) is 19.0 Å². The number of nitrogens with two attached hydrogens (primary N) is 1. The van der Waals surface area contributed by atoms with Crippen LogP contribution in [0.1, 0.15) is 5.69 Å². The van der Waals surface area contributed by atoms with Crippen LogP contribution >= 0.6 is 11.6 Å². The molecule has 0 aliphatic heterocycles. The van der Waals surface area contributed by atoms with Gasteiger partial charge in [-0.2, -0.15) is 0 Å². The van der Waals surface area contributed by atoms with Gasteiger partial charge in [0, 0.05) is 29.5 Å². The molecule has 0 bridgehead atoms. The zero-order valence-electron chi connectivity index (χ0n) is 10.8. The molecule has 0 spiro atoms. The number of aromatic nitrogens is 1. The van der Waals surface area contributed by atoms with Gasteiger partial charge in [-0.05, 0) is 24.3 Å². The van der Waals surface area contributed by atoms with Crippen LogP contribution in [0.5, 0.6) is 11.5 Å². The Labute approximate surface area is 121 Å². The average molecular weight is 295 g/mol. The molecule has 2 aromatic rings. The Morgan fingerprint density at radius 1 is 1.15 bits per heavy atom. The van der Waals surface area contributed by atoms with E-state index < -0.39 is 0 Å². The molecule has 1 aromatic heterocycles. The number of halogens is 1. The molecule has 0 aliphatic rings. The Bertz CT molecular complexity index is 611. The van der Waals surface area contributed by atoms with Gasteiger partial charge < -0.3 is 20.2 Å². The number of pyridine rings is 1. The third-order valence-corrected chi connectivity index (χ3v) is 2.83. The zero-order chi connectivity index (χ0) is 14.4. The van der Waals surface area contributed by atoms with Gasteiger partial charge in [-0.15, -0.1) is 0 Å². The molecule has 1 heterocycles. The lowest BCUT2D eigenvalue weighted by atomic mass is 10.3. The first-order valence-electron chi connectivity index (χ1n) is 6.12. The zero-order valence-corrected chi connectivity index (χ0v) is 11.5. The fourth-order valence-corrected chi connectivity index (χ4v) is 1.70. The molecule has 0 saturated carbocycles. The van der Waals surface area contributed by atoms with Crippen LogP contribution < -0.4 is 20.6 Å². The number of benzene rings is 1. The molecule has 106 valence electrons. The maximum atomic E-state index is 11.6. The smallest absolute Gasteiger partial charge is 0.223 e. The van der Waals surface area contributed by atoms with Crippen molar-refractivity contribution in [2.75, 3.05) is 13.2 Å². The van der Waals surface area contributed by atoms with Crippen LogP contribution in [0.15, 0.2) is 41.3 Å². The van der Waals surface area contributed by atoms with Crippen molar-refractivity contribution in [3.05, 3.63) is 57.5 Å². The van der Waals surface area contributed by atoms with Crippen molar-refractivity contribution in [3.63, 3.8) is 0 Å². The summed E-state index contributed by atoms with van der Waals surface area (Å²) in [5.74, 6) is 0.951. The molecule has 1 aromatic carbocycles. The molecule has 0 amide bonds. The van der Waals surface area contributed by atoms with Crippen LogP contribution in [-0.4, -0.2) is 18.2 Å². The molecule has 0 aliphatic carbocycles. The third kappa shape index (κ3) is 4.01. The summed E-state index contributed by atoms with van der Waals surface area (Å²) < 4.78 is 10.8. The highest BCUT2D eigenvalue weighted by molar-refractivity contribution is 6.30. The Morgan fingerprint density at radius 2 is 1.85 bits per heavy atom. The van der Waals surface area contributed by atoms with E-state index in [1.54, 1.807) is 24.3 Å². The van der Waals surface area contributed by atoms with E-state index in [-0.39, 0.29) is 24.3 Å². The van der Waals surface area contributed by atoms with Gasteiger partial charge in [0.25, 0.3) is 0 Å². The van der Waals surface area contributed by atoms with Gasteiger partial charge in [0.15, 0.2) is 5.75 Å². The third-order valence-electron chi connectivity index (χ3n) is 2.58. The molecule has 0 radical (unpaired) electrons. The van der Waals surface area contributed by atoms with Crippen molar-refractivity contribution in [2.45, 2.75) is 6.54 Å². The summed E-state index contributed by atoms with van der Waals surface area (Å²) in [6.45, 7) is 0.891. The SMILES string of the molecule is NCc1cc(=O)c(OCCOc2ccc(Cl)cc2)c[nH]1. The fourth-order valence-electron chi connectivity index (χ4n) is 1.57. The second-order valence-corrected chi connectivity index (χ2v) is 4.48. The fraction of sp³-hybridized carbons (Fsp3) is 0.214. The molecule has 6 heteroatoms. The van der Waals surface area contributed by atoms with Crippen LogP contribution in [0.2, 0.25) is 5.02 Å². The topological polar surface area (TPSA) is 77.3 Å². The Morgan fingerprint density at radius 3 is 2.50 bits per heavy atom. The molecular formula is C14H15ClN2O3. The average Bonchev–Trinajstić information content (AvgIpc) is 2.46. The van der Waals surface area contributed by atoms with Gasteiger partial charge >= 0.3 is 0 Å². The maximum Gasteiger partial charge on any atom is 0.223 e. The van der Waals surface area contributed by atoms with Gasteiger partial charge in [0.2, 0.25) is 5.43 Å². The van der Waals surface area contributed by atoms with E-state index in [9.17, 15) is 4.79 Å². The van der Waals surface area contributed by atoms with E-state index in [0.29, 0.717) is 23.1 Å². The van der Waals surface area contributed by atoms with Crippen molar-refractivity contribution in [3.8, 4) is 11.5 Å². The summed E-state index contributed by atoms with van der Waals surface area (Å²) in [4.78, 5) is 14.5. The first kappa shape index (κ1) is 14.4. The van der Waals surface area contributed by atoms with E-state index >= 15 is 0 Å². The van der Waals surface area contributed by atoms with E-state index in [2.05, 4.69) is 4.98 Å². The van der Waals surface area contributed by atoms with E-state index in [1.165, 1.54) is 12.3 Å². The highest BCUT2D eigenvalue weighted by Gasteiger charge is 2.02. The Hall–Kier alpha value is -1.98. The molecule has 20 heavy (non-hydrogen) atoms. The molecular weight excluding hydrogens is 280 g/mol. The first-order chi connectivity index (χ1) is 9.69. The number of aromatic amines is 1. The number of H-pyrrole nitrogens is 1. The van der Waals surface area contributed by atoms with Crippen LogP contribution in [-0.2, 0) is 6.54 Å². The molecule has 0 atom stereocenters. The predicted molar refractivity (Wildman–Crippen MR) is 77.4 cm³/mol. The number of ether oxygens (including phenoxy) is 2. The summed E-state index contributed by atoms with van der Waals surface area (Å²) in [5, 5.41) is 0.653. The van der Waals surface area contributed by atoms with Crippen LogP contribution in [0.4, 0.5) is 0 Å². The van der Waals surface area contributed by atoms with Crippen molar-refractivity contribution < 1.29 is 9.47 Å². The summed E-state index contributed by atoms with van der Waals surface area (Å²) in [5.41, 5.74) is 5.89. The van der Waals surface area contributed by atoms with Crippen LogP contribution in [0.3, 0.4) is 0 Å². The van der Waals surface area contributed by atoms with Crippen LogP contribution in [0, 0.1) is 0 Å². The number of hydrogen-bond donors (Lipinski definition) is 2. The van der Waals surface area contributed by atoms with Crippen molar-refractivity contribution in [2.24, 2.45) is 5.73 Å². The van der Waals surface area contributed by atoms with Gasteiger partial charge in [-0.1, -0.05) is 11.6 Å². The standard InChI is InChI=1S/C14H15ClN2O3/c15-10-1-3-12(4-2-10)19-5-6-20-14-9-17-11(8-16)7-13(14)18/h1-4,7,9H,5-6,8,16H2,(H,17,18). The number of rotatable bonds is 6. The molecule has 3 N–H and O–H groups in total. The Balaban J connectivity index is 1.81. The summed E-state index contributed by atoms with van der Waals surface area (Å²) in [6.07, 6.45) is 1.51. The minimum atomic E-state index is -0.198. The van der Waals surface area contributed by atoms with E-state index in [4.69, 9.17) is 26.8 Å². The second kappa shape index (κ2) is 6.98. The van der Waals surface area contributed by atoms with Crippen LogP contribution in [0.25, 0.3) is 0 Å². The minimum absolute atomic E-state index is 0.198. The summed E-state index contributed by atoms with van der Waals surface area (Å²) in [6, 6.07) is 8.45. The van der Waals surface area contributed by atoms with Crippen molar-refractivity contribution >= 4 is 11.6 Å². The quantitative estimate of drug-likeness (QED) is 0.798. The lowest BCUT2D eigenvalue weighted by Gasteiger charge is -2.08. The maximum absolute atomic E-state index is 11.6. The van der Waals surface area contributed by atoms with E-state index in [0.717, 1.165) is 0 Å². The van der Waals surface area contributed by atoms with Crippen molar-refractivity contribution in [1.29, 1.82) is 0 Å². The minimum Gasteiger partial charge on any atom is -0.490 e. The highest BCUT2D eigenvalue weighted by Crippen LogP contribution is 2.15. The van der Waals surface area contributed by atoms with Gasteiger partial charge in [-0.3, -0.25) is 4.79 Å². The Kier molecular flexibility index (Phi) is 5.03. The van der Waals surface area contributed by atoms with Gasteiger partial charge in [-0.25, -0.2) is 0 Å². The summed E-state index contributed by atoms with van der Waals surface area (Å²) >= 11 is 5.77. The molecule has 2 rings (SSSR count). The number of hydrogen-bond acceptors (Lipinski definition) is 4. The molecule has 5 nitrogen and oxygen atoms in total. The number of nitrogens with one attached hydrogen (secondary N) is 1. The molecule has 0 saturated heterocycles. The molecule has 0 unspecified atom stereocenters. The van der Waals surface area contributed by atoms with E-state index in [1.807, 2.05) is 0 Å². The van der Waals surface area contributed by atoms with Crippen molar-refractivity contribution in [1.82, 2.24) is 4.98 Å². The largest absolute Gasteiger partial charge is 0.490 e. The summed E-state index contributed by atoms with van der Waals surface area (Å²) in [7, 11) is 0. The monoisotopic (exact) mass is 294 g/mol. The molecule has 0 fully saturated rings. The lowest BCUT2D eigenvalue weighted by molar-refractivity contribution is 0.215.